The number of aromatic nitrogens is 2. The van der Waals surface area contributed by atoms with Gasteiger partial charge in [0.15, 0.2) is 0 Å². The first-order valence-corrected chi connectivity index (χ1v) is 11.3. The summed E-state index contributed by atoms with van der Waals surface area (Å²) in [7, 11) is 4.12. The molecule has 1 fully saturated rings. The summed E-state index contributed by atoms with van der Waals surface area (Å²) in [4.78, 5) is 0. The summed E-state index contributed by atoms with van der Waals surface area (Å²) >= 11 is 0. The predicted octanol–water partition coefficient (Wildman–Crippen LogP) is 2.24. The number of likely N-dealkylation sites (N-methyl/N-ethyl adjacent to an activating group) is 1. The van der Waals surface area contributed by atoms with Crippen molar-refractivity contribution in [3.63, 3.8) is 0 Å². The largest absolute Gasteiger partial charge is 0.366 e. The molecule has 1 aromatic heterocycles. The second kappa shape index (κ2) is 8.05. The summed E-state index contributed by atoms with van der Waals surface area (Å²) < 4.78 is 1.88. The third kappa shape index (κ3) is 3.83. The van der Waals surface area contributed by atoms with Crippen LogP contribution in [0.1, 0.15) is 30.9 Å². The fourth-order valence-electron chi connectivity index (χ4n) is 5.05. The Kier molecular flexibility index (Phi) is 5.24. The van der Waals surface area contributed by atoms with Crippen LogP contribution in [0.4, 0.5) is 0 Å². The highest BCUT2D eigenvalue weighted by Crippen LogP contribution is 2.39. The molecule has 0 radical (unpaired) electrons. The fraction of sp³-hybridized carbons (Fsp3) is 0.458. The maximum atomic E-state index is 4.42. The zero-order valence-electron chi connectivity index (χ0n) is 18.7. The Labute approximate surface area is 184 Å². The van der Waals surface area contributed by atoms with Crippen LogP contribution < -0.4 is 16.0 Å². The van der Waals surface area contributed by atoms with E-state index in [1.807, 2.05) is 17.9 Å². The van der Waals surface area contributed by atoms with E-state index in [9.17, 15) is 0 Å². The second-order valence-electron chi connectivity index (χ2n) is 9.18. The van der Waals surface area contributed by atoms with Crippen molar-refractivity contribution in [2.24, 2.45) is 13.0 Å². The topological polar surface area (TPSA) is 60.4 Å². The van der Waals surface area contributed by atoms with Crippen LogP contribution in [0.3, 0.4) is 0 Å². The molecule has 2 unspecified atom stereocenters. The number of nitrogens with zero attached hydrogens (tertiary/aromatic N) is 4. The Morgan fingerprint density at radius 3 is 2.77 bits per heavy atom. The minimum absolute atomic E-state index is 0.128. The van der Waals surface area contributed by atoms with Gasteiger partial charge in [-0.1, -0.05) is 30.3 Å². The number of aryl methyl sites for hydroxylation is 1. The monoisotopic (exact) mass is 419 g/mol. The van der Waals surface area contributed by atoms with Crippen LogP contribution in [0.15, 0.2) is 60.4 Å². The number of hydrogen-bond donors (Lipinski definition) is 3. The van der Waals surface area contributed by atoms with Gasteiger partial charge in [-0.2, -0.15) is 5.10 Å². The van der Waals surface area contributed by atoms with Crippen LogP contribution in [0.2, 0.25) is 0 Å². The van der Waals surface area contributed by atoms with Crippen LogP contribution in [-0.2, 0) is 13.6 Å². The van der Waals surface area contributed by atoms with Crippen molar-refractivity contribution in [1.82, 2.24) is 35.7 Å². The summed E-state index contributed by atoms with van der Waals surface area (Å²) in [6.45, 7) is 6.15. The van der Waals surface area contributed by atoms with E-state index in [0.717, 1.165) is 32.0 Å². The molecule has 7 heteroatoms. The molecule has 4 heterocycles. The molecule has 0 amide bonds. The average Bonchev–Trinajstić information content (AvgIpc) is 3.36. The molecule has 0 bridgehead atoms. The van der Waals surface area contributed by atoms with Crippen LogP contribution in [0.5, 0.6) is 0 Å². The van der Waals surface area contributed by atoms with Crippen molar-refractivity contribution in [2.45, 2.75) is 31.8 Å². The van der Waals surface area contributed by atoms with Gasteiger partial charge in [-0.15, -0.1) is 0 Å². The first-order chi connectivity index (χ1) is 15.0. The lowest BCUT2D eigenvalue weighted by Crippen LogP contribution is -2.59. The Balaban J connectivity index is 1.53. The molecule has 2 atom stereocenters. The van der Waals surface area contributed by atoms with Crippen molar-refractivity contribution in [3.05, 3.63) is 71.6 Å². The molecule has 31 heavy (non-hydrogen) atoms. The van der Waals surface area contributed by atoms with Gasteiger partial charge in [-0.25, -0.2) is 10.0 Å². The SMILES string of the molecule is CN1CC(c2cnn(C)c2)=C2NC(C)(C3CCCNC3)C=C(NCc3ccccc3)N21. The van der Waals surface area contributed by atoms with Gasteiger partial charge >= 0.3 is 0 Å². The van der Waals surface area contributed by atoms with Gasteiger partial charge < -0.3 is 16.0 Å². The molecular weight excluding hydrogens is 386 g/mol. The van der Waals surface area contributed by atoms with Crippen molar-refractivity contribution in [3.8, 4) is 0 Å². The maximum absolute atomic E-state index is 4.42. The quantitative estimate of drug-likeness (QED) is 0.691. The Morgan fingerprint density at radius 2 is 2.06 bits per heavy atom. The average molecular weight is 420 g/mol. The van der Waals surface area contributed by atoms with Crippen molar-refractivity contribution in [1.29, 1.82) is 0 Å². The normalized spacial score (nSPS) is 26.5. The minimum Gasteiger partial charge on any atom is -0.366 e. The first-order valence-electron chi connectivity index (χ1n) is 11.3. The number of benzene rings is 1. The fourth-order valence-corrected chi connectivity index (χ4v) is 5.05. The molecule has 0 saturated carbocycles. The van der Waals surface area contributed by atoms with E-state index in [2.05, 4.69) is 87.6 Å². The van der Waals surface area contributed by atoms with E-state index in [1.54, 1.807) is 0 Å². The Hall–Kier alpha value is -2.77. The van der Waals surface area contributed by atoms with E-state index in [1.165, 1.54) is 35.4 Å². The van der Waals surface area contributed by atoms with E-state index in [4.69, 9.17) is 0 Å². The summed E-state index contributed by atoms with van der Waals surface area (Å²) in [6.07, 6.45) is 8.93. The van der Waals surface area contributed by atoms with Crippen LogP contribution in [-0.4, -0.2) is 52.0 Å². The van der Waals surface area contributed by atoms with Crippen LogP contribution in [0, 0.1) is 5.92 Å². The molecule has 1 saturated heterocycles. The van der Waals surface area contributed by atoms with Crippen LogP contribution >= 0.6 is 0 Å². The first kappa shape index (κ1) is 20.2. The van der Waals surface area contributed by atoms with Crippen molar-refractivity contribution >= 4 is 5.57 Å². The molecule has 1 aromatic carbocycles. The number of piperidine rings is 1. The summed E-state index contributed by atoms with van der Waals surface area (Å²) in [5.41, 5.74) is 3.62. The van der Waals surface area contributed by atoms with Gasteiger partial charge in [0.2, 0.25) is 0 Å². The number of rotatable bonds is 5. The van der Waals surface area contributed by atoms with Crippen LogP contribution in [0.25, 0.3) is 5.57 Å². The molecule has 2 aromatic rings. The molecular formula is C24H33N7. The van der Waals surface area contributed by atoms with Crippen molar-refractivity contribution in [2.75, 3.05) is 26.7 Å². The molecule has 3 aliphatic heterocycles. The molecule has 3 N–H and O–H groups in total. The van der Waals surface area contributed by atoms with E-state index < -0.39 is 0 Å². The summed E-state index contributed by atoms with van der Waals surface area (Å²) in [5, 5.41) is 20.3. The third-order valence-electron chi connectivity index (χ3n) is 6.79. The smallest absolute Gasteiger partial charge is 0.128 e. The molecule has 164 valence electrons. The van der Waals surface area contributed by atoms with Crippen molar-refractivity contribution < 1.29 is 0 Å². The van der Waals surface area contributed by atoms with E-state index in [0.29, 0.717) is 5.92 Å². The number of nitrogens with one attached hydrogen (secondary N) is 3. The zero-order valence-corrected chi connectivity index (χ0v) is 18.7. The maximum Gasteiger partial charge on any atom is 0.128 e. The number of fused-ring (bicyclic) bond motifs is 1. The van der Waals surface area contributed by atoms with Gasteiger partial charge in [0, 0.05) is 51.1 Å². The molecule has 0 aliphatic carbocycles. The highest BCUT2D eigenvalue weighted by atomic mass is 15.7. The summed E-state index contributed by atoms with van der Waals surface area (Å²) in [5.74, 6) is 2.85. The highest BCUT2D eigenvalue weighted by Gasteiger charge is 2.43. The molecule has 7 nitrogen and oxygen atoms in total. The zero-order chi connectivity index (χ0) is 21.4. The van der Waals surface area contributed by atoms with E-state index >= 15 is 0 Å². The minimum atomic E-state index is -0.128. The van der Waals surface area contributed by atoms with Gasteiger partial charge in [0.1, 0.15) is 11.6 Å². The highest BCUT2D eigenvalue weighted by molar-refractivity contribution is 5.71. The van der Waals surface area contributed by atoms with E-state index in [-0.39, 0.29) is 5.54 Å². The lowest BCUT2D eigenvalue weighted by atomic mass is 9.79. The van der Waals surface area contributed by atoms with Gasteiger partial charge in [-0.3, -0.25) is 4.68 Å². The Morgan fingerprint density at radius 1 is 1.23 bits per heavy atom. The van der Waals surface area contributed by atoms with Gasteiger partial charge in [0.05, 0.1) is 11.7 Å². The predicted molar refractivity (Wildman–Crippen MR) is 123 cm³/mol. The van der Waals surface area contributed by atoms with Gasteiger partial charge in [0.25, 0.3) is 0 Å². The molecule has 0 spiro atoms. The molecule has 3 aliphatic rings. The lowest BCUT2D eigenvalue weighted by molar-refractivity contribution is 0.0682. The standard InChI is InChI=1S/C24H33N7/c1-24(20-10-7-11-25-15-20)12-22(26-13-18-8-5-4-6-9-18)31-23(28-24)21(17-30(31)3)19-14-27-29(2)16-19/h4-6,8-9,12,14,16,20,25-26,28H,7,10-11,13,15,17H2,1-3H3. The summed E-state index contributed by atoms with van der Waals surface area (Å²) in [6, 6.07) is 10.6. The molecule has 5 rings (SSSR count). The second-order valence-corrected chi connectivity index (χ2v) is 9.18. The van der Waals surface area contributed by atoms with Gasteiger partial charge in [-0.05, 0) is 43.9 Å². The lowest BCUT2D eigenvalue weighted by Gasteiger charge is -2.47. The Bertz CT molecular complexity index is 986. The number of hydrazine groups is 1. The third-order valence-corrected chi connectivity index (χ3v) is 6.79. The number of hydrogen-bond acceptors (Lipinski definition) is 6.